The van der Waals surface area contributed by atoms with Crippen molar-refractivity contribution < 1.29 is 10.2 Å². The molecule has 0 radical (unpaired) electrons. The molecule has 1 saturated heterocycles. The van der Waals surface area contributed by atoms with Crippen LogP contribution in [0.25, 0.3) is 0 Å². The quantitative estimate of drug-likeness (QED) is 0.515. The minimum atomic E-state index is -0.561. The minimum Gasteiger partial charge on any atom is -0.389 e. The van der Waals surface area contributed by atoms with E-state index in [2.05, 4.69) is 25.7 Å². The average Bonchev–Trinajstić information content (AvgIpc) is 2.11. The maximum Gasteiger partial charge on any atom is 0.0938 e. The van der Waals surface area contributed by atoms with Gasteiger partial charge in [0, 0.05) is 18.6 Å². The Labute approximate surface area is 67.6 Å². The van der Waals surface area contributed by atoms with Crippen molar-refractivity contribution >= 4 is 0 Å². The minimum absolute atomic E-state index is 0.0540. The van der Waals surface area contributed by atoms with Gasteiger partial charge in [0.15, 0.2) is 0 Å². The second-order valence-corrected chi connectivity index (χ2v) is 4.21. The van der Waals surface area contributed by atoms with Crippen molar-refractivity contribution in [3.05, 3.63) is 0 Å². The number of β-amino-alcohol motifs (C(OH)–C–C–N with tert-alkyl or cyclic N) is 2. The summed E-state index contributed by atoms with van der Waals surface area (Å²) in [7, 11) is 0. The highest BCUT2D eigenvalue weighted by Gasteiger charge is 2.35. The largest absolute Gasteiger partial charge is 0.389 e. The SMILES string of the molecule is CC(C)(C)N1C[C@@H](O)[C@H](O)C1. The molecular weight excluding hydrogens is 142 g/mol. The van der Waals surface area contributed by atoms with Crippen molar-refractivity contribution in [1.82, 2.24) is 4.90 Å². The molecule has 1 rings (SSSR count). The topological polar surface area (TPSA) is 43.7 Å². The van der Waals surface area contributed by atoms with Crippen molar-refractivity contribution in [1.29, 1.82) is 0 Å². The lowest BCUT2D eigenvalue weighted by molar-refractivity contribution is 0.0572. The van der Waals surface area contributed by atoms with E-state index >= 15 is 0 Å². The molecule has 0 aromatic rings. The molecule has 11 heavy (non-hydrogen) atoms. The zero-order chi connectivity index (χ0) is 8.65. The molecule has 0 aliphatic carbocycles. The normalized spacial score (nSPS) is 34.6. The van der Waals surface area contributed by atoms with E-state index in [4.69, 9.17) is 0 Å². The molecule has 0 aromatic heterocycles. The van der Waals surface area contributed by atoms with Gasteiger partial charge in [-0.15, -0.1) is 0 Å². The van der Waals surface area contributed by atoms with Crippen LogP contribution in [-0.4, -0.2) is 45.9 Å². The predicted octanol–water partition coefficient (Wildman–Crippen LogP) is -0.178. The molecule has 3 heteroatoms. The first kappa shape index (κ1) is 8.97. The number of nitrogens with zero attached hydrogens (tertiary/aromatic N) is 1. The summed E-state index contributed by atoms with van der Waals surface area (Å²) in [6.45, 7) is 7.42. The molecule has 2 N–H and O–H groups in total. The number of hydrogen-bond donors (Lipinski definition) is 2. The molecule has 2 atom stereocenters. The molecule has 66 valence electrons. The second-order valence-electron chi connectivity index (χ2n) is 4.21. The molecule has 0 bridgehead atoms. The van der Waals surface area contributed by atoms with Crippen LogP contribution in [0.1, 0.15) is 20.8 Å². The van der Waals surface area contributed by atoms with E-state index in [1.54, 1.807) is 0 Å². The summed E-state index contributed by atoms with van der Waals surface area (Å²) in [5.74, 6) is 0. The Morgan fingerprint density at radius 3 is 1.64 bits per heavy atom. The molecule has 3 nitrogen and oxygen atoms in total. The molecule has 0 aromatic carbocycles. The third-order valence-corrected chi connectivity index (χ3v) is 2.21. The van der Waals surface area contributed by atoms with Gasteiger partial charge in [-0.2, -0.15) is 0 Å². The highest BCUT2D eigenvalue weighted by atomic mass is 16.3. The Balaban J connectivity index is 2.54. The summed E-state index contributed by atoms with van der Waals surface area (Å²) < 4.78 is 0. The zero-order valence-corrected chi connectivity index (χ0v) is 7.41. The highest BCUT2D eigenvalue weighted by Crippen LogP contribution is 2.20. The number of rotatable bonds is 0. The fourth-order valence-electron chi connectivity index (χ4n) is 1.32. The van der Waals surface area contributed by atoms with Crippen LogP contribution >= 0.6 is 0 Å². The highest BCUT2D eigenvalue weighted by molar-refractivity contribution is 4.89. The van der Waals surface area contributed by atoms with Gasteiger partial charge >= 0.3 is 0 Å². The summed E-state index contributed by atoms with van der Waals surface area (Å²) in [6.07, 6.45) is -1.12. The van der Waals surface area contributed by atoms with Gasteiger partial charge in [0.05, 0.1) is 12.2 Å². The van der Waals surface area contributed by atoms with Crippen LogP contribution in [0.4, 0.5) is 0 Å². The molecule has 0 unspecified atom stereocenters. The monoisotopic (exact) mass is 159 g/mol. The molecule has 1 aliphatic rings. The van der Waals surface area contributed by atoms with Crippen LogP contribution in [0.3, 0.4) is 0 Å². The Kier molecular flexibility index (Phi) is 2.23. The number of aliphatic hydroxyl groups is 2. The summed E-state index contributed by atoms with van der Waals surface area (Å²) in [5.41, 5.74) is 0.0540. The third kappa shape index (κ3) is 1.92. The number of likely N-dealkylation sites (tertiary alicyclic amines) is 1. The van der Waals surface area contributed by atoms with E-state index in [0.29, 0.717) is 13.1 Å². The first-order valence-electron chi connectivity index (χ1n) is 4.02. The maximum atomic E-state index is 9.24. The van der Waals surface area contributed by atoms with Gasteiger partial charge in [-0.05, 0) is 20.8 Å². The van der Waals surface area contributed by atoms with Crippen molar-refractivity contribution in [3.63, 3.8) is 0 Å². The molecule has 1 aliphatic heterocycles. The lowest BCUT2D eigenvalue weighted by atomic mass is 10.1. The number of hydrogen-bond acceptors (Lipinski definition) is 3. The molecule has 0 spiro atoms. The van der Waals surface area contributed by atoms with Gasteiger partial charge < -0.3 is 10.2 Å². The van der Waals surface area contributed by atoms with Crippen LogP contribution in [0, 0.1) is 0 Å². The Bertz CT molecular complexity index is 132. The van der Waals surface area contributed by atoms with Crippen LogP contribution in [0.5, 0.6) is 0 Å². The van der Waals surface area contributed by atoms with Crippen LogP contribution in [0.2, 0.25) is 0 Å². The van der Waals surface area contributed by atoms with Gasteiger partial charge in [-0.25, -0.2) is 0 Å². The first-order valence-corrected chi connectivity index (χ1v) is 4.02. The van der Waals surface area contributed by atoms with Crippen molar-refractivity contribution in [2.24, 2.45) is 0 Å². The second kappa shape index (κ2) is 2.73. The van der Waals surface area contributed by atoms with E-state index in [9.17, 15) is 10.2 Å². The summed E-state index contributed by atoms with van der Waals surface area (Å²) in [5, 5.41) is 18.5. The van der Waals surface area contributed by atoms with Gasteiger partial charge in [0.2, 0.25) is 0 Å². The Hall–Kier alpha value is -0.120. The Morgan fingerprint density at radius 1 is 1.09 bits per heavy atom. The summed E-state index contributed by atoms with van der Waals surface area (Å²) in [4.78, 5) is 2.09. The smallest absolute Gasteiger partial charge is 0.0938 e. The zero-order valence-electron chi connectivity index (χ0n) is 7.41. The van der Waals surface area contributed by atoms with Gasteiger partial charge in [0.25, 0.3) is 0 Å². The first-order chi connectivity index (χ1) is 4.91. The molecular formula is C8H17NO2. The summed E-state index contributed by atoms with van der Waals surface area (Å²) in [6, 6.07) is 0. The van der Waals surface area contributed by atoms with Crippen molar-refractivity contribution in [3.8, 4) is 0 Å². The summed E-state index contributed by atoms with van der Waals surface area (Å²) >= 11 is 0. The van der Waals surface area contributed by atoms with E-state index in [0.717, 1.165) is 0 Å². The molecule has 1 heterocycles. The predicted molar refractivity (Wildman–Crippen MR) is 43.3 cm³/mol. The lowest BCUT2D eigenvalue weighted by Crippen LogP contribution is -2.40. The van der Waals surface area contributed by atoms with Crippen LogP contribution < -0.4 is 0 Å². The molecule has 0 amide bonds. The van der Waals surface area contributed by atoms with E-state index in [1.807, 2.05) is 0 Å². The van der Waals surface area contributed by atoms with Gasteiger partial charge in [-0.3, -0.25) is 4.90 Å². The fourth-order valence-corrected chi connectivity index (χ4v) is 1.32. The van der Waals surface area contributed by atoms with Crippen LogP contribution in [-0.2, 0) is 0 Å². The van der Waals surface area contributed by atoms with Gasteiger partial charge in [0.1, 0.15) is 0 Å². The number of aliphatic hydroxyl groups excluding tert-OH is 2. The van der Waals surface area contributed by atoms with E-state index in [-0.39, 0.29) is 5.54 Å². The fraction of sp³-hybridized carbons (Fsp3) is 1.00. The van der Waals surface area contributed by atoms with Gasteiger partial charge in [-0.1, -0.05) is 0 Å². The average molecular weight is 159 g/mol. The van der Waals surface area contributed by atoms with Crippen molar-refractivity contribution in [2.75, 3.05) is 13.1 Å². The van der Waals surface area contributed by atoms with Crippen LogP contribution in [0.15, 0.2) is 0 Å². The third-order valence-electron chi connectivity index (χ3n) is 2.21. The maximum absolute atomic E-state index is 9.24. The van der Waals surface area contributed by atoms with E-state index < -0.39 is 12.2 Å². The Morgan fingerprint density at radius 2 is 1.45 bits per heavy atom. The lowest BCUT2D eigenvalue weighted by Gasteiger charge is -2.31. The van der Waals surface area contributed by atoms with E-state index in [1.165, 1.54) is 0 Å². The van der Waals surface area contributed by atoms with Crippen molar-refractivity contribution in [2.45, 2.75) is 38.5 Å². The molecule has 0 saturated carbocycles. The standard InChI is InChI=1S/C8H17NO2/c1-8(2,3)9-4-6(10)7(11)5-9/h6-7,10-11H,4-5H2,1-3H3/t6-,7-/m1/s1. The molecule has 1 fully saturated rings.